The van der Waals surface area contributed by atoms with Crippen LogP contribution in [0.5, 0.6) is 0 Å². The number of carbonyl (C=O) groups is 1. The molecular weight excluding hydrogens is 210 g/mol. The largest absolute Gasteiger partial charge is 0.476 e. The minimum Gasteiger partial charge on any atom is -0.476 e. The van der Waals surface area contributed by atoms with E-state index < -0.39 is 5.97 Å². The second-order valence-electron chi connectivity index (χ2n) is 3.18. The Hall–Kier alpha value is -2.31. The highest BCUT2D eigenvalue weighted by Gasteiger charge is 2.15. The first-order valence-electron chi connectivity index (χ1n) is 4.56. The van der Waals surface area contributed by atoms with E-state index in [1.807, 2.05) is 0 Å². The zero-order valence-electron chi connectivity index (χ0n) is 8.53. The van der Waals surface area contributed by atoms with Crippen molar-refractivity contribution >= 4 is 5.97 Å². The van der Waals surface area contributed by atoms with Crippen molar-refractivity contribution in [2.75, 3.05) is 0 Å². The first-order valence-corrected chi connectivity index (χ1v) is 4.56. The minimum absolute atomic E-state index is 0.0381. The van der Waals surface area contributed by atoms with Crippen molar-refractivity contribution < 1.29 is 9.90 Å². The highest BCUT2D eigenvalue weighted by molar-refractivity contribution is 5.86. The zero-order chi connectivity index (χ0) is 11.5. The van der Waals surface area contributed by atoms with Gasteiger partial charge in [0.25, 0.3) is 0 Å². The van der Waals surface area contributed by atoms with Gasteiger partial charge in [-0.2, -0.15) is 0 Å². The Bertz CT molecular complexity index is 508. The molecule has 2 rings (SSSR count). The van der Waals surface area contributed by atoms with Gasteiger partial charge in [0.1, 0.15) is 0 Å². The summed E-state index contributed by atoms with van der Waals surface area (Å²) in [5.41, 5.74) is 1.16. The predicted octanol–water partition coefficient (Wildman–Crippen LogP) is 0.123. The average Bonchev–Trinajstić information content (AvgIpc) is 2.62. The zero-order valence-corrected chi connectivity index (χ0v) is 8.53. The number of hydrogen-bond donors (Lipinski definition) is 1. The molecule has 16 heavy (non-hydrogen) atoms. The maximum Gasteiger partial charge on any atom is 0.358 e. The molecule has 2 aromatic heterocycles. The first kappa shape index (κ1) is 10.2. The van der Waals surface area contributed by atoms with Crippen LogP contribution in [0.3, 0.4) is 0 Å². The molecule has 0 atom stereocenters. The number of rotatable bonds is 3. The number of carboxylic acid groups (broad SMARTS) is 1. The van der Waals surface area contributed by atoms with E-state index in [2.05, 4.69) is 20.3 Å². The lowest BCUT2D eigenvalue weighted by Gasteiger charge is -2.01. The van der Waals surface area contributed by atoms with Gasteiger partial charge in [-0.3, -0.25) is 9.97 Å². The molecule has 0 aliphatic rings. The van der Waals surface area contributed by atoms with Crippen LogP contribution >= 0.6 is 0 Å². The Kier molecular flexibility index (Phi) is 2.59. The first-order chi connectivity index (χ1) is 7.68. The lowest BCUT2D eigenvalue weighted by Crippen LogP contribution is -2.07. The summed E-state index contributed by atoms with van der Waals surface area (Å²) in [5, 5.41) is 16.1. The fourth-order valence-electron chi connectivity index (χ4n) is 1.27. The van der Waals surface area contributed by atoms with E-state index in [1.54, 1.807) is 25.5 Å². The second kappa shape index (κ2) is 4.05. The highest BCUT2D eigenvalue weighted by Crippen LogP contribution is 2.05. The van der Waals surface area contributed by atoms with Crippen LogP contribution in [0.15, 0.2) is 18.6 Å². The molecule has 0 saturated heterocycles. The van der Waals surface area contributed by atoms with E-state index >= 15 is 0 Å². The number of carboxylic acids is 1. The molecule has 0 amide bonds. The van der Waals surface area contributed by atoms with E-state index in [-0.39, 0.29) is 5.69 Å². The van der Waals surface area contributed by atoms with E-state index in [9.17, 15) is 4.79 Å². The van der Waals surface area contributed by atoms with Gasteiger partial charge in [-0.05, 0) is 6.92 Å². The third-order valence-electron chi connectivity index (χ3n) is 2.11. The van der Waals surface area contributed by atoms with Gasteiger partial charge in [0.15, 0.2) is 5.69 Å². The monoisotopic (exact) mass is 219 g/mol. The minimum atomic E-state index is -1.08. The Morgan fingerprint density at radius 2 is 2.31 bits per heavy atom. The van der Waals surface area contributed by atoms with Crippen LogP contribution in [0, 0.1) is 6.92 Å². The molecule has 0 unspecified atom stereocenters. The quantitative estimate of drug-likeness (QED) is 0.788. The summed E-state index contributed by atoms with van der Waals surface area (Å²) in [4.78, 5) is 18.7. The Morgan fingerprint density at radius 1 is 1.50 bits per heavy atom. The molecule has 2 aromatic rings. The summed E-state index contributed by atoms with van der Waals surface area (Å²) in [5.74, 6) is -1.08. The molecule has 0 spiro atoms. The van der Waals surface area contributed by atoms with Gasteiger partial charge in [-0.15, -0.1) is 5.10 Å². The summed E-state index contributed by atoms with van der Waals surface area (Å²) in [6.07, 6.45) is 4.74. The van der Waals surface area contributed by atoms with Crippen LogP contribution in [0.2, 0.25) is 0 Å². The van der Waals surface area contributed by atoms with E-state index in [0.29, 0.717) is 17.9 Å². The van der Waals surface area contributed by atoms with Crippen molar-refractivity contribution in [2.24, 2.45) is 0 Å². The second-order valence-corrected chi connectivity index (χ2v) is 3.18. The predicted molar refractivity (Wildman–Crippen MR) is 52.9 cm³/mol. The van der Waals surface area contributed by atoms with Gasteiger partial charge in [-0.25, -0.2) is 9.48 Å². The lowest BCUT2D eigenvalue weighted by atomic mass is 10.3. The number of nitrogens with zero attached hydrogens (tertiary/aromatic N) is 5. The van der Waals surface area contributed by atoms with Crippen LogP contribution in [-0.2, 0) is 6.54 Å². The maximum atomic E-state index is 10.7. The standard InChI is InChI=1S/C9H9N5O2/c1-6-8(9(15)16)12-13-14(6)5-7-4-10-2-3-11-7/h2-4H,5H2,1H3,(H,15,16). The highest BCUT2D eigenvalue weighted by atomic mass is 16.4. The summed E-state index contributed by atoms with van der Waals surface area (Å²) >= 11 is 0. The molecule has 0 saturated carbocycles. The van der Waals surface area contributed by atoms with Gasteiger partial charge in [0.2, 0.25) is 0 Å². The summed E-state index contributed by atoms with van der Waals surface area (Å²) < 4.78 is 1.48. The van der Waals surface area contributed by atoms with Crippen LogP contribution in [0.1, 0.15) is 21.9 Å². The van der Waals surface area contributed by atoms with Gasteiger partial charge in [0, 0.05) is 12.4 Å². The van der Waals surface area contributed by atoms with E-state index in [0.717, 1.165) is 0 Å². The van der Waals surface area contributed by atoms with Crippen molar-refractivity contribution in [3.8, 4) is 0 Å². The molecule has 82 valence electrons. The van der Waals surface area contributed by atoms with Crippen LogP contribution in [0.25, 0.3) is 0 Å². The molecule has 0 radical (unpaired) electrons. The van der Waals surface area contributed by atoms with Crippen molar-refractivity contribution in [1.82, 2.24) is 25.0 Å². The lowest BCUT2D eigenvalue weighted by molar-refractivity contribution is 0.0689. The fraction of sp³-hybridized carbons (Fsp3) is 0.222. The molecule has 0 aliphatic carbocycles. The maximum absolute atomic E-state index is 10.7. The average molecular weight is 219 g/mol. The smallest absolute Gasteiger partial charge is 0.358 e. The van der Waals surface area contributed by atoms with Crippen molar-refractivity contribution in [1.29, 1.82) is 0 Å². The summed E-state index contributed by atoms with van der Waals surface area (Å²) in [6, 6.07) is 0. The van der Waals surface area contributed by atoms with Crippen LogP contribution in [-0.4, -0.2) is 36.0 Å². The van der Waals surface area contributed by atoms with Crippen LogP contribution in [0.4, 0.5) is 0 Å². The van der Waals surface area contributed by atoms with Gasteiger partial charge >= 0.3 is 5.97 Å². The molecule has 0 aliphatic heterocycles. The van der Waals surface area contributed by atoms with Crippen molar-refractivity contribution in [3.05, 3.63) is 35.7 Å². The molecule has 7 heteroatoms. The SMILES string of the molecule is Cc1c(C(=O)O)nnn1Cc1cnccn1. The molecule has 7 nitrogen and oxygen atoms in total. The molecule has 0 aromatic carbocycles. The molecular formula is C9H9N5O2. The van der Waals surface area contributed by atoms with Crippen LogP contribution < -0.4 is 0 Å². The molecule has 0 fully saturated rings. The van der Waals surface area contributed by atoms with Gasteiger partial charge in [-0.1, -0.05) is 5.21 Å². The molecule has 0 bridgehead atoms. The van der Waals surface area contributed by atoms with Gasteiger partial charge in [0.05, 0.1) is 24.1 Å². The molecule has 1 N–H and O–H groups in total. The third-order valence-corrected chi connectivity index (χ3v) is 2.11. The van der Waals surface area contributed by atoms with Gasteiger partial charge < -0.3 is 5.11 Å². The normalized spacial score (nSPS) is 10.3. The molecule has 2 heterocycles. The Labute approximate surface area is 90.8 Å². The van der Waals surface area contributed by atoms with E-state index in [4.69, 9.17) is 5.11 Å². The number of hydrogen-bond acceptors (Lipinski definition) is 5. The van der Waals surface area contributed by atoms with E-state index in [1.165, 1.54) is 4.68 Å². The fourth-order valence-corrected chi connectivity index (χ4v) is 1.27. The van der Waals surface area contributed by atoms with Crippen molar-refractivity contribution in [2.45, 2.75) is 13.5 Å². The topological polar surface area (TPSA) is 93.8 Å². The van der Waals surface area contributed by atoms with Crippen molar-refractivity contribution in [3.63, 3.8) is 0 Å². The Morgan fingerprint density at radius 3 is 2.88 bits per heavy atom. The summed E-state index contributed by atoms with van der Waals surface area (Å²) in [7, 11) is 0. The number of aromatic carboxylic acids is 1. The number of aromatic nitrogens is 5. The Balaban J connectivity index is 2.26. The third kappa shape index (κ3) is 1.88. The summed E-state index contributed by atoms with van der Waals surface area (Å²) in [6.45, 7) is 2.01.